The van der Waals surface area contributed by atoms with E-state index in [0.717, 1.165) is 193 Å². The average molecular weight is 1450 g/mol. The Hall–Kier alpha value is -2.73. The van der Waals surface area contributed by atoms with Gasteiger partial charge in [0.25, 0.3) is 0 Å². The molecule has 17 heteroatoms. The van der Waals surface area contributed by atoms with Crippen molar-refractivity contribution in [3.8, 4) is 0 Å². The summed E-state index contributed by atoms with van der Waals surface area (Å²) in [6.07, 6.45) is 20.6. The Morgan fingerprint density at radius 1 is 0.400 bits per heavy atom. The fourth-order valence-corrected chi connectivity index (χ4v) is 15.0. The van der Waals surface area contributed by atoms with Crippen LogP contribution in [0.15, 0.2) is 0 Å². The highest BCUT2D eigenvalue weighted by Gasteiger charge is 2.29. The minimum atomic E-state index is -2.94. The Balaban J connectivity index is -0.000000160. The molecule has 8 heterocycles. The number of carbonyl (C=O) groups excluding carboxylic acids is 4. The minimum Gasteiger partial charge on any atom is -0.453 e. The van der Waals surface area contributed by atoms with Gasteiger partial charge in [0.2, 0.25) is 21.8 Å². The quantitative estimate of drug-likeness (QED) is 0.215. The number of methoxy groups -OCH3 is 1. The summed E-state index contributed by atoms with van der Waals surface area (Å²) in [5.41, 5.74) is 0. The van der Waals surface area contributed by atoms with E-state index in [9.17, 15) is 27.6 Å². The molecule has 0 aromatic heterocycles. The molecule has 8 aliphatic heterocycles. The second kappa shape index (κ2) is 62.5. The molecule has 0 unspecified atom stereocenters. The lowest BCUT2D eigenvalue weighted by Crippen LogP contribution is -2.44. The summed E-state index contributed by atoms with van der Waals surface area (Å²) < 4.78 is 33.9. The summed E-state index contributed by atoms with van der Waals surface area (Å²) in [5.74, 6) is 13.7. The van der Waals surface area contributed by atoms with Crippen molar-refractivity contribution in [3.05, 3.63) is 0 Å². The maximum atomic E-state index is 11.5. The van der Waals surface area contributed by atoms with E-state index in [1.165, 1.54) is 104 Å². The first kappa shape index (κ1) is 113. The molecule has 0 spiro atoms. The van der Waals surface area contributed by atoms with Crippen molar-refractivity contribution in [3.63, 3.8) is 0 Å². The van der Waals surface area contributed by atoms with Crippen LogP contribution in [0.25, 0.3) is 0 Å². The SMILES string of the molecule is C.C.C.C.C.C.C.C.CC(=O)N1CCC(C(C)C)CC1.CC(=O)N1CCC(C(C)C)CC1.CC(C)C1CCN(C)CC1.CC(C)C1CCN(S(C)(=O)=O)CC1.CC(C)C1CCNCC1.CC(C)C1CCOCC1.CCNC(=O)N1CCC(C(C)C)CC1.COC(=O)N1CCC(C(C)C)CC1. The molecule has 0 radical (unpaired) electrons. The predicted molar refractivity (Wildman–Crippen MR) is 441 cm³/mol. The lowest BCUT2D eigenvalue weighted by molar-refractivity contribution is -0.131. The lowest BCUT2D eigenvalue weighted by Gasteiger charge is -2.33. The van der Waals surface area contributed by atoms with Crippen molar-refractivity contribution in [1.29, 1.82) is 0 Å². The van der Waals surface area contributed by atoms with Crippen molar-refractivity contribution in [1.82, 2.24) is 39.4 Å². The highest BCUT2D eigenvalue weighted by Crippen LogP contribution is 2.30. The van der Waals surface area contributed by atoms with Gasteiger partial charge in [-0.15, -0.1) is 0 Å². The smallest absolute Gasteiger partial charge is 0.409 e. The number of amides is 5. The highest BCUT2D eigenvalue weighted by atomic mass is 32.2. The molecule has 8 rings (SSSR count). The van der Waals surface area contributed by atoms with Gasteiger partial charge in [-0.1, -0.05) is 170 Å². The van der Waals surface area contributed by atoms with Gasteiger partial charge in [0.15, 0.2) is 0 Å². The molecule has 0 aromatic rings. The summed E-state index contributed by atoms with van der Waals surface area (Å²) in [6.45, 7) is 58.4. The maximum absolute atomic E-state index is 11.5. The molecule has 100 heavy (non-hydrogen) atoms. The van der Waals surface area contributed by atoms with Crippen LogP contribution in [0.2, 0.25) is 0 Å². The number of sulfonamides is 1. The van der Waals surface area contributed by atoms with Gasteiger partial charge in [0, 0.05) is 99.1 Å². The number of likely N-dealkylation sites (tertiary alicyclic amines) is 5. The van der Waals surface area contributed by atoms with Crippen LogP contribution in [0, 0.1) is 94.7 Å². The second-order valence-corrected chi connectivity index (χ2v) is 33.3. The summed E-state index contributed by atoms with van der Waals surface area (Å²) >= 11 is 0. The molecule has 5 amide bonds. The molecule has 0 saturated carbocycles. The van der Waals surface area contributed by atoms with Crippen molar-refractivity contribution >= 4 is 34.0 Å². The molecule has 8 saturated heterocycles. The first-order chi connectivity index (χ1) is 43.2. The molecule has 2 N–H and O–H groups in total. The molecule has 0 aliphatic carbocycles. The number of nitrogens with zero attached hydrogens (tertiary/aromatic N) is 6. The summed E-state index contributed by atoms with van der Waals surface area (Å²) in [7, 11) is 0.718. The minimum absolute atomic E-state index is 0. The van der Waals surface area contributed by atoms with Crippen LogP contribution >= 0.6 is 0 Å². The number of carbonyl (C=O) groups is 4. The molecule has 8 fully saturated rings. The molecule has 0 aromatic carbocycles. The summed E-state index contributed by atoms with van der Waals surface area (Å²) in [6, 6.07) is 0.106. The van der Waals surface area contributed by atoms with Crippen LogP contribution in [-0.4, -0.2) is 193 Å². The zero-order valence-electron chi connectivity index (χ0n) is 63.9. The largest absolute Gasteiger partial charge is 0.453 e. The zero-order valence-corrected chi connectivity index (χ0v) is 64.7. The number of hydrogen-bond donors (Lipinski definition) is 2. The fraction of sp³-hybridized carbons (Fsp3) is 0.952. The van der Waals surface area contributed by atoms with E-state index < -0.39 is 10.0 Å². The molecular weight excluding hydrogens is 1270 g/mol. The number of hydrogen-bond acceptors (Lipinski definition) is 10. The van der Waals surface area contributed by atoms with Gasteiger partial charge >= 0.3 is 12.1 Å². The van der Waals surface area contributed by atoms with Crippen LogP contribution < -0.4 is 10.6 Å². The number of rotatable bonds is 10. The number of ether oxygens (including phenoxy) is 2. The van der Waals surface area contributed by atoms with Crippen molar-refractivity contribution in [2.75, 3.05) is 132 Å². The van der Waals surface area contributed by atoms with Gasteiger partial charge in [-0.05, 0) is 238 Å². The van der Waals surface area contributed by atoms with Gasteiger partial charge in [-0.25, -0.2) is 22.3 Å². The second-order valence-electron chi connectivity index (χ2n) is 31.3. The third-order valence-corrected chi connectivity index (χ3v) is 23.3. The number of nitrogens with one attached hydrogen (secondary N) is 2. The predicted octanol–water partition coefficient (Wildman–Crippen LogP) is 20.1. The van der Waals surface area contributed by atoms with E-state index in [-0.39, 0.29) is 83.4 Å². The summed E-state index contributed by atoms with van der Waals surface area (Å²) in [5, 5.41) is 6.22. The van der Waals surface area contributed by atoms with E-state index in [0.29, 0.717) is 24.9 Å². The monoisotopic (exact) mass is 1450 g/mol. The summed E-state index contributed by atoms with van der Waals surface area (Å²) in [4.78, 5) is 54.7. The first-order valence-electron chi connectivity index (χ1n) is 37.5. The molecule has 608 valence electrons. The Morgan fingerprint density at radius 2 is 0.640 bits per heavy atom. The Labute approximate surface area is 627 Å². The topological polar surface area (TPSA) is 164 Å². The molecule has 16 nitrogen and oxygen atoms in total. The number of piperidine rings is 7. The van der Waals surface area contributed by atoms with Crippen molar-refractivity contribution in [2.45, 2.75) is 294 Å². The van der Waals surface area contributed by atoms with Crippen LogP contribution in [0.5, 0.6) is 0 Å². The van der Waals surface area contributed by atoms with E-state index >= 15 is 0 Å². The zero-order chi connectivity index (χ0) is 69.7. The van der Waals surface area contributed by atoms with Crippen molar-refractivity contribution in [2.24, 2.45) is 94.7 Å². The van der Waals surface area contributed by atoms with Crippen LogP contribution in [0.1, 0.15) is 294 Å². The van der Waals surface area contributed by atoms with Crippen LogP contribution in [0.3, 0.4) is 0 Å². The normalized spacial score (nSPS) is 19.4. The van der Waals surface area contributed by atoms with Gasteiger partial charge in [-0.2, -0.15) is 0 Å². The third kappa shape index (κ3) is 48.4. The maximum Gasteiger partial charge on any atom is 0.409 e. The standard InChI is InChI=1S/C11H22N2O.C10H19NO2.2C10H19NO.C9H19NO2S.C9H19N.C8H17N.C8H16O.8CH4/c1-4-12-11(14)13-7-5-10(6-8-13)9(2)3;1-8(2)9-4-6-11(7-5-9)10(12)13-3;2*1-8(2)10-4-6-11(7-5-10)9(3)12;1-8(2)9-4-6-10(7-5-9)13(3,11)12;1-8(2)9-4-6-10(3)7-5-9;2*1-7(2)8-3-5-9-6-4-8;;;;;;;;/h9-10H,4-8H2,1-3H3,(H,12,14);8-9H,4-7H2,1-3H3;2*8,10H,4-7H2,1-3H3;8-9H,4-7H2,1-3H3;8-9H,4-7H2,1-3H3;7-9H,3-6H2,1-2H3;7-8H,3-6H2,1-2H3;8*1H4. The van der Waals surface area contributed by atoms with Gasteiger partial charge < -0.3 is 44.6 Å². The van der Waals surface area contributed by atoms with Gasteiger partial charge in [0.05, 0.1) is 13.4 Å². The van der Waals surface area contributed by atoms with E-state index in [4.69, 9.17) is 4.74 Å². The Morgan fingerprint density at radius 3 is 0.870 bits per heavy atom. The molecule has 8 aliphatic rings. The first-order valence-corrected chi connectivity index (χ1v) is 39.4. The number of urea groups is 1. The van der Waals surface area contributed by atoms with Crippen molar-refractivity contribution < 1.29 is 37.1 Å². The molecule has 0 bridgehead atoms. The van der Waals surface area contributed by atoms with Crippen LogP contribution in [-0.2, 0) is 29.1 Å². The highest BCUT2D eigenvalue weighted by molar-refractivity contribution is 7.88. The molecule has 0 atom stereocenters. The Kier molecular flexibility index (Phi) is 70.7. The lowest BCUT2D eigenvalue weighted by atomic mass is 9.87. The van der Waals surface area contributed by atoms with Gasteiger partial charge in [-0.3, -0.25) is 9.59 Å². The van der Waals surface area contributed by atoms with E-state index in [1.54, 1.807) is 23.1 Å². The Bertz CT molecular complexity index is 1940. The van der Waals surface area contributed by atoms with Gasteiger partial charge in [0.1, 0.15) is 0 Å². The van der Waals surface area contributed by atoms with Crippen LogP contribution in [0.4, 0.5) is 9.59 Å². The fourth-order valence-electron chi connectivity index (χ4n) is 14.1. The van der Waals surface area contributed by atoms with E-state index in [1.807, 2.05) is 21.6 Å². The molecular formula is C83H182N8O8S. The van der Waals surface area contributed by atoms with E-state index in [2.05, 4.69) is 138 Å². The average Bonchev–Trinajstić information content (AvgIpc) is 0.873. The third-order valence-electron chi connectivity index (χ3n) is 22.0.